The molecule has 1 amide bonds. The Kier molecular flexibility index (Phi) is 12.2. The fourth-order valence-corrected chi connectivity index (χ4v) is 4.77. The minimum Gasteiger partial charge on any atom is -0.497 e. The molecular formula is C33H41NO7. The first-order chi connectivity index (χ1) is 19.8. The Morgan fingerprint density at radius 1 is 0.756 bits per heavy atom. The standard InChI is InChI=1S/C33H41NO7/c1-24(34-31(36)13-9-4-5-10-14-32(37)38)30(35)23-41-33(25-11-7-6-8-12-25,26-15-19-28(39-2)20-16-26)27-17-21-29(40-3)22-18-27/h6-8,11-12,15-22,24,30,35H,4-5,9-10,13-14,23H2,1-3H3,(H,34,36)(H,37,38). The third-order valence-corrected chi connectivity index (χ3v) is 7.15. The minimum atomic E-state index is -1.07. The van der Waals surface area contributed by atoms with Gasteiger partial charge in [-0.05, 0) is 60.7 Å². The van der Waals surface area contributed by atoms with Crippen LogP contribution in [0.2, 0.25) is 0 Å². The van der Waals surface area contributed by atoms with E-state index in [1.165, 1.54) is 0 Å². The maximum atomic E-state index is 12.5. The van der Waals surface area contributed by atoms with Crippen LogP contribution >= 0.6 is 0 Å². The summed E-state index contributed by atoms with van der Waals surface area (Å²) in [6, 6.07) is 24.6. The highest BCUT2D eigenvalue weighted by molar-refractivity contribution is 5.76. The number of hydrogen-bond acceptors (Lipinski definition) is 6. The van der Waals surface area contributed by atoms with E-state index in [0.29, 0.717) is 30.8 Å². The number of aliphatic hydroxyl groups excluding tert-OH is 1. The SMILES string of the molecule is COc1ccc(C(OCC(O)C(C)NC(=O)CCCCCCC(=O)O)(c2ccccc2)c2ccc(OC)cc2)cc1. The highest BCUT2D eigenvalue weighted by atomic mass is 16.5. The Labute approximate surface area is 242 Å². The fraction of sp³-hybridized carbons (Fsp3) is 0.394. The molecule has 0 saturated carbocycles. The monoisotopic (exact) mass is 563 g/mol. The molecule has 0 saturated heterocycles. The molecule has 0 fully saturated rings. The van der Waals surface area contributed by atoms with Crippen molar-refractivity contribution in [2.75, 3.05) is 20.8 Å². The van der Waals surface area contributed by atoms with Gasteiger partial charge >= 0.3 is 5.97 Å². The quantitative estimate of drug-likeness (QED) is 0.151. The maximum Gasteiger partial charge on any atom is 0.303 e. The van der Waals surface area contributed by atoms with Crippen molar-refractivity contribution in [2.24, 2.45) is 0 Å². The number of carboxylic acids is 1. The molecule has 0 aliphatic heterocycles. The van der Waals surface area contributed by atoms with E-state index in [1.807, 2.05) is 78.9 Å². The number of methoxy groups -OCH3 is 2. The van der Waals surface area contributed by atoms with Gasteiger partial charge in [0.25, 0.3) is 0 Å². The van der Waals surface area contributed by atoms with Gasteiger partial charge in [0.05, 0.1) is 33.0 Å². The predicted octanol–water partition coefficient (Wildman–Crippen LogP) is 5.30. The highest BCUT2D eigenvalue weighted by Gasteiger charge is 2.39. The van der Waals surface area contributed by atoms with Crippen LogP contribution in [0.4, 0.5) is 0 Å². The maximum absolute atomic E-state index is 12.5. The van der Waals surface area contributed by atoms with Crippen LogP contribution in [-0.2, 0) is 19.9 Å². The summed E-state index contributed by atoms with van der Waals surface area (Å²) in [7, 11) is 3.23. The molecule has 3 aromatic carbocycles. The van der Waals surface area contributed by atoms with Gasteiger partial charge in [0, 0.05) is 12.8 Å². The van der Waals surface area contributed by atoms with E-state index in [1.54, 1.807) is 21.1 Å². The third kappa shape index (κ3) is 8.80. The van der Waals surface area contributed by atoms with Crippen LogP contribution in [0, 0.1) is 0 Å². The molecule has 8 nitrogen and oxygen atoms in total. The van der Waals surface area contributed by atoms with Crippen LogP contribution in [0.1, 0.15) is 62.1 Å². The van der Waals surface area contributed by atoms with Crippen molar-refractivity contribution in [2.45, 2.75) is 63.2 Å². The molecule has 0 bridgehead atoms. The number of amides is 1. The lowest BCUT2D eigenvalue weighted by Crippen LogP contribution is -2.45. The molecule has 2 atom stereocenters. The van der Waals surface area contributed by atoms with Gasteiger partial charge in [-0.3, -0.25) is 9.59 Å². The number of carbonyl (C=O) groups is 2. The zero-order valence-corrected chi connectivity index (χ0v) is 24.0. The van der Waals surface area contributed by atoms with Crippen molar-refractivity contribution in [3.05, 3.63) is 95.6 Å². The minimum absolute atomic E-state index is 0.0520. The van der Waals surface area contributed by atoms with Gasteiger partial charge < -0.3 is 29.7 Å². The first kappa shape index (κ1) is 31.6. The molecule has 3 rings (SSSR count). The van der Waals surface area contributed by atoms with Crippen molar-refractivity contribution >= 4 is 11.9 Å². The summed E-state index contributed by atoms with van der Waals surface area (Å²) >= 11 is 0. The molecule has 0 heterocycles. The largest absolute Gasteiger partial charge is 0.497 e. The molecule has 41 heavy (non-hydrogen) atoms. The molecular weight excluding hydrogens is 522 g/mol. The average Bonchev–Trinajstić information content (AvgIpc) is 3.00. The number of benzene rings is 3. The zero-order chi connectivity index (χ0) is 29.7. The van der Waals surface area contributed by atoms with E-state index in [-0.39, 0.29) is 18.9 Å². The number of carbonyl (C=O) groups excluding carboxylic acids is 1. The number of hydrogen-bond donors (Lipinski definition) is 3. The number of aliphatic hydroxyl groups is 1. The smallest absolute Gasteiger partial charge is 0.303 e. The zero-order valence-electron chi connectivity index (χ0n) is 24.0. The lowest BCUT2D eigenvalue weighted by molar-refractivity contribution is -0.137. The third-order valence-electron chi connectivity index (χ3n) is 7.15. The summed E-state index contributed by atoms with van der Waals surface area (Å²) in [5, 5.41) is 22.7. The fourth-order valence-electron chi connectivity index (χ4n) is 4.77. The first-order valence-corrected chi connectivity index (χ1v) is 14.0. The lowest BCUT2D eigenvalue weighted by Gasteiger charge is -2.37. The molecule has 2 unspecified atom stereocenters. The number of rotatable bonds is 17. The van der Waals surface area contributed by atoms with Crippen molar-refractivity contribution in [1.29, 1.82) is 0 Å². The average molecular weight is 564 g/mol. The van der Waals surface area contributed by atoms with E-state index in [4.69, 9.17) is 19.3 Å². The summed E-state index contributed by atoms with van der Waals surface area (Å²) in [6.45, 7) is 1.70. The number of nitrogens with one attached hydrogen (secondary N) is 1. The predicted molar refractivity (Wildman–Crippen MR) is 157 cm³/mol. The molecule has 0 aliphatic carbocycles. The van der Waals surface area contributed by atoms with Crippen molar-refractivity contribution in [3.63, 3.8) is 0 Å². The summed E-state index contributed by atoms with van der Waals surface area (Å²) in [6.07, 6.45) is 2.30. The van der Waals surface area contributed by atoms with Crippen molar-refractivity contribution in [1.82, 2.24) is 5.32 Å². The Hall–Kier alpha value is -3.88. The van der Waals surface area contributed by atoms with Gasteiger partial charge in [-0.15, -0.1) is 0 Å². The summed E-state index contributed by atoms with van der Waals surface area (Å²) in [5.74, 6) is 0.463. The van der Waals surface area contributed by atoms with Gasteiger partial charge in [0.1, 0.15) is 17.1 Å². The molecule has 0 radical (unpaired) electrons. The van der Waals surface area contributed by atoms with Gasteiger partial charge in [-0.25, -0.2) is 0 Å². The van der Waals surface area contributed by atoms with Gasteiger partial charge in [-0.2, -0.15) is 0 Å². The molecule has 3 N–H and O–H groups in total. The van der Waals surface area contributed by atoms with E-state index < -0.39 is 23.7 Å². The van der Waals surface area contributed by atoms with E-state index in [2.05, 4.69) is 5.32 Å². The second-order valence-corrected chi connectivity index (χ2v) is 10.0. The Morgan fingerprint density at radius 2 is 1.24 bits per heavy atom. The Balaban J connectivity index is 1.79. The Bertz CT molecular complexity index is 1170. The van der Waals surface area contributed by atoms with Crippen LogP contribution in [0.15, 0.2) is 78.9 Å². The second-order valence-electron chi connectivity index (χ2n) is 10.0. The van der Waals surface area contributed by atoms with E-state index in [9.17, 15) is 14.7 Å². The molecule has 0 aromatic heterocycles. The van der Waals surface area contributed by atoms with E-state index >= 15 is 0 Å². The molecule has 8 heteroatoms. The first-order valence-electron chi connectivity index (χ1n) is 14.0. The van der Waals surface area contributed by atoms with Gasteiger partial charge in [-0.1, -0.05) is 67.4 Å². The number of ether oxygens (including phenoxy) is 3. The molecule has 0 aliphatic rings. The molecule has 3 aromatic rings. The number of carboxylic acid groups (broad SMARTS) is 1. The summed E-state index contributed by atoms with van der Waals surface area (Å²) in [4.78, 5) is 23.1. The molecule has 220 valence electrons. The van der Waals surface area contributed by atoms with Crippen LogP contribution < -0.4 is 14.8 Å². The molecule has 0 spiro atoms. The van der Waals surface area contributed by atoms with Crippen molar-refractivity contribution in [3.8, 4) is 11.5 Å². The van der Waals surface area contributed by atoms with E-state index in [0.717, 1.165) is 29.5 Å². The summed E-state index contributed by atoms with van der Waals surface area (Å²) in [5.41, 5.74) is 1.51. The van der Waals surface area contributed by atoms with Crippen molar-refractivity contribution < 1.29 is 34.0 Å². The normalized spacial score (nSPS) is 12.8. The summed E-state index contributed by atoms with van der Waals surface area (Å²) < 4.78 is 17.5. The number of unbranched alkanes of at least 4 members (excludes halogenated alkanes) is 3. The second kappa shape index (κ2) is 15.8. The topological polar surface area (TPSA) is 114 Å². The number of aliphatic carboxylic acids is 1. The van der Waals surface area contributed by atoms with Gasteiger partial charge in [0.2, 0.25) is 5.91 Å². The lowest BCUT2D eigenvalue weighted by atomic mass is 9.80. The van der Waals surface area contributed by atoms with Crippen LogP contribution in [0.3, 0.4) is 0 Å². The Morgan fingerprint density at radius 3 is 1.73 bits per heavy atom. The van der Waals surface area contributed by atoms with Crippen LogP contribution in [0.5, 0.6) is 11.5 Å². The van der Waals surface area contributed by atoms with Crippen LogP contribution in [-0.4, -0.2) is 55.1 Å². The van der Waals surface area contributed by atoms with Gasteiger partial charge in [0.15, 0.2) is 0 Å². The highest BCUT2D eigenvalue weighted by Crippen LogP contribution is 2.41. The van der Waals surface area contributed by atoms with Crippen LogP contribution in [0.25, 0.3) is 0 Å².